The summed E-state index contributed by atoms with van der Waals surface area (Å²) in [7, 11) is 1.63. The molecule has 0 N–H and O–H groups in total. The van der Waals surface area contributed by atoms with E-state index in [4.69, 9.17) is 14.2 Å². The van der Waals surface area contributed by atoms with Crippen LogP contribution in [0, 0.1) is 0 Å². The predicted molar refractivity (Wildman–Crippen MR) is 60.2 cm³/mol. The van der Waals surface area contributed by atoms with Crippen molar-refractivity contribution >= 4 is 6.29 Å². The van der Waals surface area contributed by atoms with Crippen molar-refractivity contribution in [2.75, 3.05) is 27.1 Å². The number of hydrogen-bond acceptors (Lipinski definition) is 4. The van der Waals surface area contributed by atoms with Gasteiger partial charge < -0.3 is 14.2 Å². The Bertz CT molecular complexity index is 247. The van der Waals surface area contributed by atoms with Crippen molar-refractivity contribution in [1.82, 2.24) is 0 Å². The van der Waals surface area contributed by atoms with E-state index in [2.05, 4.69) is 0 Å². The zero-order chi connectivity index (χ0) is 11.8. The van der Waals surface area contributed by atoms with Gasteiger partial charge in [0.25, 0.3) is 0 Å². The molecule has 0 aromatic rings. The summed E-state index contributed by atoms with van der Waals surface area (Å²) >= 11 is 0. The minimum Gasteiger partial charge on any atom is -0.382 e. The van der Waals surface area contributed by atoms with Gasteiger partial charge in [-0.2, -0.15) is 0 Å². The third-order valence-electron chi connectivity index (χ3n) is 2.78. The summed E-state index contributed by atoms with van der Waals surface area (Å²) in [5, 5.41) is 0. The molecule has 0 radical (unpaired) electrons. The lowest BCUT2D eigenvalue weighted by Gasteiger charge is -2.15. The normalized spacial score (nSPS) is 20.5. The summed E-state index contributed by atoms with van der Waals surface area (Å²) in [6.07, 6.45) is 3.61. The largest absolute Gasteiger partial charge is 0.382 e. The van der Waals surface area contributed by atoms with Crippen LogP contribution >= 0.6 is 0 Å². The van der Waals surface area contributed by atoms with Crippen LogP contribution in [0.4, 0.5) is 0 Å². The number of allylic oxidation sites excluding steroid dienone is 1. The van der Waals surface area contributed by atoms with E-state index < -0.39 is 0 Å². The second-order valence-electron chi connectivity index (χ2n) is 3.73. The molecule has 0 spiro atoms. The Morgan fingerprint density at radius 3 is 2.88 bits per heavy atom. The molecular weight excluding hydrogens is 208 g/mol. The van der Waals surface area contributed by atoms with Gasteiger partial charge >= 0.3 is 0 Å². The Labute approximate surface area is 96.6 Å². The smallest absolute Gasteiger partial charge is 0.147 e. The van der Waals surface area contributed by atoms with Crippen molar-refractivity contribution in [3.8, 4) is 0 Å². The summed E-state index contributed by atoms with van der Waals surface area (Å²) < 4.78 is 15.7. The van der Waals surface area contributed by atoms with E-state index >= 15 is 0 Å². The molecule has 0 bridgehead atoms. The molecule has 1 unspecified atom stereocenters. The van der Waals surface area contributed by atoms with Gasteiger partial charge in [-0.25, -0.2) is 0 Å². The minimum absolute atomic E-state index is 0.0627. The van der Waals surface area contributed by atoms with Gasteiger partial charge in [0.05, 0.1) is 19.3 Å². The standard InChI is InChI=1S/C12H20O4/c1-3-11-10(8-13)4-5-12(11)16-9-15-7-6-14-2/h8,12H,3-7,9H2,1-2H3. The molecule has 4 nitrogen and oxygen atoms in total. The average molecular weight is 228 g/mol. The quantitative estimate of drug-likeness (QED) is 0.360. The molecule has 0 saturated heterocycles. The number of methoxy groups -OCH3 is 1. The van der Waals surface area contributed by atoms with Gasteiger partial charge in [-0.1, -0.05) is 6.92 Å². The van der Waals surface area contributed by atoms with Crippen LogP contribution in [-0.4, -0.2) is 39.5 Å². The van der Waals surface area contributed by atoms with E-state index in [1.807, 2.05) is 6.92 Å². The van der Waals surface area contributed by atoms with Crippen LogP contribution in [-0.2, 0) is 19.0 Å². The highest BCUT2D eigenvalue weighted by atomic mass is 16.7. The number of aldehydes is 1. The summed E-state index contributed by atoms with van der Waals surface area (Å²) in [5.41, 5.74) is 2.04. The first-order valence-corrected chi connectivity index (χ1v) is 5.68. The maximum atomic E-state index is 10.8. The highest BCUT2D eigenvalue weighted by Gasteiger charge is 2.24. The second-order valence-corrected chi connectivity index (χ2v) is 3.73. The maximum Gasteiger partial charge on any atom is 0.147 e. The fraction of sp³-hybridized carbons (Fsp3) is 0.750. The van der Waals surface area contributed by atoms with Crippen LogP contribution < -0.4 is 0 Å². The van der Waals surface area contributed by atoms with Crippen molar-refractivity contribution in [3.63, 3.8) is 0 Å². The fourth-order valence-electron chi connectivity index (χ4n) is 1.93. The molecule has 1 atom stereocenters. The molecule has 1 aliphatic rings. The van der Waals surface area contributed by atoms with Crippen LogP contribution in [0.1, 0.15) is 26.2 Å². The highest BCUT2D eigenvalue weighted by Crippen LogP contribution is 2.29. The zero-order valence-corrected chi connectivity index (χ0v) is 10.0. The molecular formula is C12H20O4. The Balaban J connectivity index is 2.27. The molecule has 92 valence electrons. The van der Waals surface area contributed by atoms with Crippen molar-refractivity contribution in [3.05, 3.63) is 11.1 Å². The van der Waals surface area contributed by atoms with Crippen LogP contribution in [0.5, 0.6) is 0 Å². The third-order valence-corrected chi connectivity index (χ3v) is 2.78. The van der Waals surface area contributed by atoms with Crippen LogP contribution in [0.25, 0.3) is 0 Å². The molecule has 0 heterocycles. The number of hydrogen-bond donors (Lipinski definition) is 0. The number of carbonyl (C=O) groups is 1. The SMILES string of the molecule is CCC1=C(C=O)CCC1OCOCCOC. The molecule has 0 saturated carbocycles. The molecule has 16 heavy (non-hydrogen) atoms. The van der Waals surface area contributed by atoms with E-state index in [0.717, 1.165) is 36.7 Å². The molecule has 1 rings (SSSR count). The summed E-state index contributed by atoms with van der Waals surface area (Å²) in [5.74, 6) is 0. The van der Waals surface area contributed by atoms with Gasteiger partial charge in [0.15, 0.2) is 0 Å². The Kier molecular flexibility index (Phi) is 6.30. The number of carbonyl (C=O) groups excluding carboxylic acids is 1. The van der Waals surface area contributed by atoms with E-state index in [-0.39, 0.29) is 12.9 Å². The first-order chi connectivity index (χ1) is 7.83. The van der Waals surface area contributed by atoms with Crippen molar-refractivity contribution in [2.45, 2.75) is 32.3 Å². The second kappa shape index (κ2) is 7.54. The fourth-order valence-corrected chi connectivity index (χ4v) is 1.93. The molecule has 0 aromatic carbocycles. The van der Waals surface area contributed by atoms with Crippen molar-refractivity contribution in [1.29, 1.82) is 0 Å². The maximum absolute atomic E-state index is 10.8. The van der Waals surface area contributed by atoms with E-state index in [1.165, 1.54) is 0 Å². The molecule has 0 aromatic heterocycles. The minimum atomic E-state index is 0.0627. The molecule has 0 fully saturated rings. The van der Waals surface area contributed by atoms with Gasteiger partial charge in [0.1, 0.15) is 13.1 Å². The predicted octanol–water partition coefficient (Wildman–Crippen LogP) is 1.69. The first-order valence-electron chi connectivity index (χ1n) is 5.68. The highest BCUT2D eigenvalue weighted by molar-refractivity contribution is 5.75. The third kappa shape index (κ3) is 3.70. The number of rotatable bonds is 8. The van der Waals surface area contributed by atoms with E-state index in [1.54, 1.807) is 7.11 Å². The number of ether oxygens (including phenoxy) is 3. The Hall–Kier alpha value is -0.710. The van der Waals surface area contributed by atoms with E-state index in [0.29, 0.717) is 13.2 Å². The van der Waals surface area contributed by atoms with Gasteiger partial charge in [-0.3, -0.25) is 4.79 Å². The van der Waals surface area contributed by atoms with E-state index in [9.17, 15) is 4.79 Å². The van der Waals surface area contributed by atoms with Gasteiger partial charge in [-0.15, -0.1) is 0 Å². The van der Waals surface area contributed by atoms with Gasteiger partial charge in [0.2, 0.25) is 0 Å². The molecule has 1 aliphatic carbocycles. The lowest BCUT2D eigenvalue weighted by Crippen LogP contribution is -2.15. The van der Waals surface area contributed by atoms with Crippen molar-refractivity contribution in [2.24, 2.45) is 0 Å². The van der Waals surface area contributed by atoms with Crippen LogP contribution in [0.3, 0.4) is 0 Å². The van der Waals surface area contributed by atoms with Crippen LogP contribution in [0.15, 0.2) is 11.1 Å². The lowest BCUT2D eigenvalue weighted by molar-refractivity contribution is -0.105. The average Bonchev–Trinajstić information content (AvgIpc) is 2.71. The monoisotopic (exact) mass is 228 g/mol. The topological polar surface area (TPSA) is 44.8 Å². The Morgan fingerprint density at radius 2 is 2.25 bits per heavy atom. The lowest BCUT2D eigenvalue weighted by atomic mass is 10.1. The summed E-state index contributed by atoms with van der Waals surface area (Å²) in [6, 6.07) is 0. The molecule has 0 aliphatic heterocycles. The summed E-state index contributed by atoms with van der Waals surface area (Å²) in [6.45, 7) is 3.43. The van der Waals surface area contributed by atoms with Crippen molar-refractivity contribution < 1.29 is 19.0 Å². The Morgan fingerprint density at radius 1 is 1.44 bits per heavy atom. The van der Waals surface area contributed by atoms with Gasteiger partial charge in [-0.05, 0) is 30.4 Å². The first kappa shape index (κ1) is 13.4. The van der Waals surface area contributed by atoms with Crippen LogP contribution in [0.2, 0.25) is 0 Å². The zero-order valence-electron chi connectivity index (χ0n) is 10.0. The molecule has 0 amide bonds. The summed E-state index contributed by atoms with van der Waals surface area (Å²) in [4.78, 5) is 10.8. The molecule has 4 heteroatoms. The van der Waals surface area contributed by atoms with Gasteiger partial charge in [0, 0.05) is 7.11 Å².